The average molecular weight is 375 g/mol. The van der Waals surface area contributed by atoms with E-state index in [-0.39, 0.29) is 12.5 Å². The number of hydrogen-bond acceptors (Lipinski definition) is 3. The molecule has 0 fully saturated rings. The number of carbonyl (C=O) groups is 1. The summed E-state index contributed by atoms with van der Waals surface area (Å²) in [6.45, 7) is 0.436. The molecule has 3 rings (SSSR count). The lowest BCUT2D eigenvalue weighted by atomic mass is 10.1. The second kappa shape index (κ2) is 8.19. The molecule has 0 spiro atoms. The molecule has 1 N–H and O–H groups in total. The number of rotatable bonds is 6. The molecule has 0 aliphatic heterocycles. The Morgan fingerprint density at radius 1 is 1.12 bits per heavy atom. The van der Waals surface area contributed by atoms with E-state index < -0.39 is 0 Å². The predicted molar refractivity (Wildman–Crippen MR) is 100 cm³/mol. The third kappa shape index (κ3) is 4.62. The highest BCUT2D eigenvalue weighted by molar-refractivity contribution is 6.35. The molecule has 0 saturated heterocycles. The Morgan fingerprint density at radius 3 is 2.84 bits per heavy atom. The normalized spacial score (nSPS) is 10.6. The van der Waals surface area contributed by atoms with Crippen LogP contribution >= 0.6 is 23.2 Å². The first kappa shape index (κ1) is 17.5. The van der Waals surface area contributed by atoms with Crippen LogP contribution in [-0.2, 0) is 11.2 Å². The van der Waals surface area contributed by atoms with Crippen molar-refractivity contribution in [1.82, 2.24) is 10.3 Å². The van der Waals surface area contributed by atoms with E-state index >= 15 is 0 Å². The zero-order valence-corrected chi connectivity index (χ0v) is 14.8. The monoisotopic (exact) mass is 374 g/mol. The number of nitrogens with zero attached hydrogens (tertiary/aromatic N) is 1. The summed E-state index contributed by atoms with van der Waals surface area (Å²) in [5.74, 6) is 0.339. The van der Waals surface area contributed by atoms with Gasteiger partial charge in [-0.2, -0.15) is 0 Å². The fourth-order valence-corrected chi connectivity index (χ4v) is 2.89. The van der Waals surface area contributed by atoms with E-state index in [1.165, 1.54) is 0 Å². The first-order valence-corrected chi connectivity index (χ1v) is 8.56. The number of benzene rings is 2. The zero-order chi connectivity index (χ0) is 17.6. The van der Waals surface area contributed by atoms with Crippen LogP contribution in [0.1, 0.15) is 5.56 Å². The lowest BCUT2D eigenvalue weighted by Gasteiger charge is -2.10. The van der Waals surface area contributed by atoms with E-state index in [0.29, 0.717) is 34.3 Å². The average Bonchev–Trinajstić information content (AvgIpc) is 2.61. The summed E-state index contributed by atoms with van der Waals surface area (Å²) in [6.07, 6.45) is 2.37. The van der Waals surface area contributed by atoms with Gasteiger partial charge in [0.25, 0.3) is 5.91 Å². The van der Waals surface area contributed by atoms with Crippen molar-refractivity contribution < 1.29 is 9.53 Å². The molecule has 0 atom stereocenters. The van der Waals surface area contributed by atoms with E-state index in [2.05, 4.69) is 10.3 Å². The molecular formula is C19H16Cl2N2O2. The van der Waals surface area contributed by atoms with Gasteiger partial charge < -0.3 is 10.1 Å². The molecule has 25 heavy (non-hydrogen) atoms. The van der Waals surface area contributed by atoms with Crippen molar-refractivity contribution in [3.63, 3.8) is 0 Å². The van der Waals surface area contributed by atoms with Crippen LogP contribution in [0.3, 0.4) is 0 Å². The first-order valence-electron chi connectivity index (χ1n) is 7.80. The minimum absolute atomic E-state index is 0.0805. The highest BCUT2D eigenvalue weighted by Crippen LogP contribution is 2.29. The van der Waals surface area contributed by atoms with E-state index in [4.69, 9.17) is 27.9 Å². The Hall–Kier alpha value is -2.30. The van der Waals surface area contributed by atoms with Crippen molar-refractivity contribution >= 4 is 40.0 Å². The van der Waals surface area contributed by atoms with Gasteiger partial charge in [0.1, 0.15) is 11.3 Å². The van der Waals surface area contributed by atoms with Crippen molar-refractivity contribution in [3.05, 3.63) is 70.3 Å². The fraction of sp³-hybridized carbons (Fsp3) is 0.158. The Labute approximate surface area is 155 Å². The van der Waals surface area contributed by atoms with Crippen LogP contribution in [0.2, 0.25) is 10.0 Å². The molecule has 1 aromatic heterocycles. The van der Waals surface area contributed by atoms with Crippen molar-refractivity contribution in [2.24, 2.45) is 0 Å². The van der Waals surface area contributed by atoms with Crippen LogP contribution in [0.15, 0.2) is 54.7 Å². The smallest absolute Gasteiger partial charge is 0.257 e. The molecular weight excluding hydrogens is 359 g/mol. The summed E-state index contributed by atoms with van der Waals surface area (Å²) in [6, 6.07) is 14.7. The van der Waals surface area contributed by atoms with E-state index in [1.807, 2.05) is 30.3 Å². The molecule has 0 saturated carbocycles. The van der Waals surface area contributed by atoms with Crippen LogP contribution < -0.4 is 10.1 Å². The van der Waals surface area contributed by atoms with Gasteiger partial charge >= 0.3 is 0 Å². The molecule has 0 bridgehead atoms. The molecule has 1 amide bonds. The summed E-state index contributed by atoms with van der Waals surface area (Å²) in [4.78, 5) is 16.2. The fourth-order valence-electron chi connectivity index (χ4n) is 2.46. The quantitative estimate of drug-likeness (QED) is 0.700. The number of fused-ring (bicyclic) bond motifs is 1. The number of hydrogen-bond donors (Lipinski definition) is 1. The van der Waals surface area contributed by atoms with Gasteiger partial charge in [0.2, 0.25) is 0 Å². The maximum atomic E-state index is 12.0. The summed E-state index contributed by atoms with van der Waals surface area (Å²) in [5, 5.41) is 4.91. The van der Waals surface area contributed by atoms with Crippen LogP contribution in [-0.4, -0.2) is 24.0 Å². The number of amides is 1. The minimum atomic E-state index is -0.193. The van der Waals surface area contributed by atoms with Gasteiger partial charge in [-0.05, 0) is 48.4 Å². The maximum Gasteiger partial charge on any atom is 0.257 e. The number of carbonyl (C=O) groups excluding carboxylic acids is 1. The summed E-state index contributed by atoms with van der Waals surface area (Å²) in [7, 11) is 0. The molecule has 0 unspecified atom stereocenters. The Bertz CT molecular complexity index is 899. The van der Waals surface area contributed by atoms with E-state index in [9.17, 15) is 4.79 Å². The first-order chi connectivity index (χ1) is 12.1. The van der Waals surface area contributed by atoms with E-state index in [1.54, 1.807) is 24.4 Å². The molecule has 4 nitrogen and oxygen atoms in total. The molecule has 0 aliphatic rings. The number of halogens is 2. The number of ether oxygens (including phenoxy) is 1. The Morgan fingerprint density at radius 2 is 2.00 bits per heavy atom. The maximum absolute atomic E-state index is 12.0. The van der Waals surface area contributed by atoms with Crippen molar-refractivity contribution in [1.29, 1.82) is 0 Å². The predicted octanol–water partition coefficient (Wildman–Crippen LogP) is 4.28. The van der Waals surface area contributed by atoms with Gasteiger partial charge in [-0.15, -0.1) is 0 Å². The Balaban J connectivity index is 1.53. The topological polar surface area (TPSA) is 51.2 Å². The third-order valence-corrected chi connectivity index (χ3v) is 4.23. The van der Waals surface area contributed by atoms with Crippen molar-refractivity contribution in [2.75, 3.05) is 13.2 Å². The number of nitrogens with one attached hydrogen (secondary N) is 1. The van der Waals surface area contributed by atoms with Gasteiger partial charge in [-0.25, -0.2) is 0 Å². The molecule has 1 heterocycles. The van der Waals surface area contributed by atoms with Gasteiger partial charge in [0.15, 0.2) is 6.61 Å². The molecule has 2 aromatic carbocycles. The lowest BCUT2D eigenvalue weighted by molar-refractivity contribution is -0.123. The molecule has 3 aromatic rings. The van der Waals surface area contributed by atoms with Gasteiger partial charge in [-0.1, -0.05) is 35.3 Å². The highest BCUT2D eigenvalue weighted by Gasteiger charge is 2.09. The largest absolute Gasteiger partial charge is 0.481 e. The van der Waals surface area contributed by atoms with E-state index in [0.717, 1.165) is 10.9 Å². The summed E-state index contributed by atoms with van der Waals surface area (Å²) >= 11 is 12.1. The van der Waals surface area contributed by atoms with Crippen molar-refractivity contribution in [3.8, 4) is 5.75 Å². The van der Waals surface area contributed by atoms with Crippen LogP contribution in [0.5, 0.6) is 5.75 Å². The highest BCUT2D eigenvalue weighted by atomic mass is 35.5. The molecule has 128 valence electrons. The second-order valence-corrected chi connectivity index (χ2v) is 6.31. The van der Waals surface area contributed by atoms with Gasteiger partial charge in [-0.3, -0.25) is 9.78 Å². The number of pyridine rings is 1. The summed E-state index contributed by atoms with van der Waals surface area (Å²) in [5.41, 5.74) is 1.71. The second-order valence-electron chi connectivity index (χ2n) is 5.46. The number of aromatic nitrogens is 1. The van der Waals surface area contributed by atoms with Gasteiger partial charge in [0.05, 0.1) is 5.02 Å². The van der Waals surface area contributed by atoms with Gasteiger partial charge in [0, 0.05) is 23.2 Å². The third-order valence-electron chi connectivity index (χ3n) is 3.66. The SMILES string of the molecule is O=C(COc1ccc(Cl)c2cccnc12)NCCc1cccc(Cl)c1. The Kier molecular flexibility index (Phi) is 5.74. The molecule has 6 heteroatoms. The van der Waals surface area contributed by atoms with Crippen LogP contribution in [0.4, 0.5) is 0 Å². The lowest BCUT2D eigenvalue weighted by Crippen LogP contribution is -2.30. The molecule has 0 radical (unpaired) electrons. The standard InChI is InChI=1S/C19H16Cl2N2O2/c20-14-4-1-3-13(11-14)8-10-22-18(24)12-25-17-7-6-16(21)15-5-2-9-23-19(15)17/h1-7,9,11H,8,10,12H2,(H,22,24). The molecule has 0 aliphatic carbocycles. The van der Waals surface area contributed by atoms with Crippen LogP contribution in [0.25, 0.3) is 10.9 Å². The van der Waals surface area contributed by atoms with Crippen LogP contribution in [0, 0.1) is 0 Å². The minimum Gasteiger partial charge on any atom is -0.481 e. The summed E-state index contributed by atoms with van der Waals surface area (Å²) < 4.78 is 5.60. The van der Waals surface area contributed by atoms with Crippen molar-refractivity contribution in [2.45, 2.75) is 6.42 Å². The zero-order valence-electron chi connectivity index (χ0n) is 13.3.